The van der Waals surface area contributed by atoms with Crippen LogP contribution in [0.3, 0.4) is 0 Å². The van der Waals surface area contributed by atoms with E-state index in [9.17, 15) is 0 Å². The topological polar surface area (TPSA) is 57.1 Å². The summed E-state index contributed by atoms with van der Waals surface area (Å²) in [5.41, 5.74) is 0. The monoisotopic (exact) mass is 333 g/mol. The maximum Gasteiger partial charge on any atom is 0.329 e. The molecule has 0 fully saturated rings. The van der Waals surface area contributed by atoms with E-state index in [-0.39, 0.29) is 22.3 Å². The van der Waals surface area contributed by atoms with Gasteiger partial charge in [-0.25, -0.2) is 0 Å². The van der Waals surface area contributed by atoms with Gasteiger partial charge in [-0.15, -0.1) is 4.98 Å². The predicted molar refractivity (Wildman–Crippen MR) is 77.2 cm³/mol. The average Bonchev–Trinajstić information content (AvgIpc) is 2.41. The van der Waals surface area contributed by atoms with Crippen LogP contribution in [0.15, 0.2) is 18.2 Å². The first kappa shape index (κ1) is 15.1. The van der Waals surface area contributed by atoms with Crippen molar-refractivity contribution >= 4 is 34.8 Å². The summed E-state index contributed by atoms with van der Waals surface area (Å²) in [5, 5.41) is 0.604. The molecule has 0 unspecified atom stereocenters. The molecule has 0 saturated carbocycles. The van der Waals surface area contributed by atoms with Crippen LogP contribution in [0.4, 0.5) is 0 Å². The molecule has 20 heavy (non-hydrogen) atoms. The van der Waals surface area contributed by atoms with Crippen molar-refractivity contribution in [3.8, 4) is 17.8 Å². The lowest BCUT2D eigenvalue weighted by Gasteiger charge is -2.08. The van der Waals surface area contributed by atoms with Crippen LogP contribution in [0.2, 0.25) is 15.3 Å². The molecule has 0 aliphatic carbocycles. The fourth-order valence-corrected chi connectivity index (χ4v) is 1.75. The molecular weight excluding hydrogens is 325 g/mol. The van der Waals surface area contributed by atoms with Crippen LogP contribution in [0, 0.1) is 0 Å². The van der Waals surface area contributed by atoms with Crippen LogP contribution >= 0.6 is 34.8 Å². The Hall–Kier alpha value is -1.30. The minimum absolute atomic E-state index is 0.0136. The van der Waals surface area contributed by atoms with Gasteiger partial charge < -0.3 is 9.47 Å². The van der Waals surface area contributed by atoms with E-state index in [2.05, 4.69) is 15.0 Å². The first-order chi connectivity index (χ1) is 9.60. The van der Waals surface area contributed by atoms with Crippen molar-refractivity contribution in [2.45, 2.75) is 13.3 Å². The Morgan fingerprint density at radius 2 is 1.80 bits per heavy atom. The molecule has 0 spiro atoms. The van der Waals surface area contributed by atoms with E-state index in [1.54, 1.807) is 18.2 Å². The van der Waals surface area contributed by atoms with E-state index >= 15 is 0 Å². The average molecular weight is 335 g/mol. The van der Waals surface area contributed by atoms with Gasteiger partial charge in [-0.05, 0) is 30.2 Å². The molecule has 1 heterocycles. The van der Waals surface area contributed by atoms with Crippen molar-refractivity contribution in [1.29, 1.82) is 0 Å². The van der Waals surface area contributed by atoms with Crippen LogP contribution in [0.5, 0.6) is 17.8 Å². The van der Waals surface area contributed by atoms with Crippen molar-refractivity contribution in [2.75, 3.05) is 6.61 Å². The quantitative estimate of drug-likeness (QED) is 0.810. The van der Waals surface area contributed by atoms with Gasteiger partial charge in [0.05, 0.1) is 11.6 Å². The lowest BCUT2D eigenvalue weighted by molar-refractivity contribution is 0.284. The SMILES string of the molecule is CCCOc1nc(Cl)nc(Oc2cccc(Cl)c2Cl)n1. The maximum absolute atomic E-state index is 6.01. The summed E-state index contributed by atoms with van der Waals surface area (Å²) in [5.74, 6) is 0.322. The van der Waals surface area contributed by atoms with Gasteiger partial charge in [0.1, 0.15) is 5.02 Å². The Kier molecular flexibility index (Phi) is 5.23. The molecule has 0 saturated heterocycles. The summed E-state index contributed by atoms with van der Waals surface area (Å²) in [6.45, 7) is 2.43. The van der Waals surface area contributed by atoms with E-state index in [1.807, 2.05) is 6.92 Å². The highest BCUT2D eigenvalue weighted by molar-refractivity contribution is 6.42. The minimum Gasteiger partial charge on any atom is -0.463 e. The third kappa shape index (κ3) is 3.85. The Bertz CT molecular complexity index is 610. The van der Waals surface area contributed by atoms with E-state index in [1.165, 1.54) is 0 Å². The van der Waals surface area contributed by atoms with Gasteiger partial charge in [0.2, 0.25) is 5.28 Å². The third-order valence-electron chi connectivity index (χ3n) is 2.12. The Morgan fingerprint density at radius 3 is 2.55 bits per heavy atom. The van der Waals surface area contributed by atoms with E-state index in [0.717, 1.165) is 6.42 Å². The fraction of sp³-hybridized carbons (Fsp3) is 0.250. The second kappa shape index (κ2) is 6.92. The number of hydrogen-bond acceptors (Lipinski definition) is 5. The van der Waals surface area contributed by atoms with Gasteiger partial charge in [0.25, 0.3) is 0 Å². The van der Waals surface area contributed by atoms with Gasteiger partial charge >= 0.3 is 12.0 Å². The van der Waals surface area contributed by atoms with Gasteiger partial charge in [0, 0.05) is 0 Å². The summed E-state index contributed by atoms with van der Waals surface area (Å²) < 4.78 is 10.7. The minimum atomic E-state index is -0.0285. The van der Waals surface area contributed by atoms with Gasteiger partial charge in [-0.3, -0.25) is 0 Å². The number of nitrogens with zero attached hydrogens (tertiary/aromatic N) is 3. The van der Waals surface area contributed by atoms with Crippen molar-refractivity contribution in [1.82, 2.24) is 15.0 Å². The van der Waals surface area contributed by atoms with Crippen molar-refractivity contribution < 1.29 is 9.47 Å². The number of aromatic nitrogens is 3. The van der Waals surface area contributed by atoms with Crippen molar-refractivity contribution in [3.63, 3.8) is 0 Å². The molecule has 0 radical (unpaired) electrons. The summed E-state index contributed by atoms with van der Waals surface area (Å²) in [4.78, 5) is 11.7. The van der Waals surface area contributed by atoms with Gasteiger partial charge in [0.15, 0.2) is 5.75 Å². The molecule has 2 aromatic rings. The van der Waals surface area contributed by atoms with Crippen molar-refractivity contribution in [3.05, 3.63) is 33.5 Å². The number of halogens is 3. The second-order valence-corrected chi connectivity index (χ2v) is 4.80. The number of benzene rings is 1. The molecule has 0 aliphatic heterocycles. The summed E-state index contributed by atoms with van der Waals surface area (Å²) in [6, 6.07) is 5.06. The molecule has 0 bridgehead atoms. The summed E-state index contributed by atoms with van der Waals surface area (Å²) in [7, 11) is 0. The fourth-order valence-electron chi connectivity index (χ4n) is 1.28. The molecule has 1 aromatic heterocycles. The van der Waals surface area contributed by atoms with Gasteiger partial charge in [-0.1, -0.05) is 36.2 Å². The highest BCUT2D eigenvalue weighted by Gasteiger charge is 2.11. The van der Waals surface area contributed by atoms with E-state index < -0.39 is 0 Å². The first-order valence-corrected chi connectivity index (χ1v) is 6.89. The molecule has 8 heteroatoms. The molecule has 0 N–H and O–H groups in total. The van der Waals surface area contributed by atoms with Crippen LogP contribution in [0.25, 0.3) is 0 Å². The molecule has 1 aromatic carbocycles. The third-order valence-corrected chi connectivity index (χ3v) is 3.09. The zero-order valence-corrected chi connectivity index (χ0v) is 12.7. The number of ether oxygens (including phenoxy) is 2. The van der Waals surface area contributed by atoms with Gasteiger partial charge in [-0.2, -0.15) is 9.97 Å². The summed E-state index contributed by atoms with van der Waals surface area (Å²) >= 11 is 17.7. The zero-order chi connectivity index (χ0) is 14.5. The first-order valence-electron chi connectivity index (χ1n) is 5.76. The molecule has 5 nitrogen and oxygen atoms in total. The van der Waals surface area contributed by atoms with E-state index in [4.69, 9.17) is 44.3 Å². The van der Waals surface area contributed by atoms with Crippen molar-refractivity contribution in [2.24, 2.45) is 0 Å². The molecule has 2 rings (SSSR count). The highest BCUT2D eigenvalue weighted by Crippen LogP contribution is 2.33. The lowest BCUT2D eigenvalue weighted by atomic mass is 10.3. The Balaban J connectivity index is 2.24. The normalized spacial score (nSPS) is 10.4. The Morgan fingerprint density at radius 1 is 1.05 bits per heavy atom. The Labute approximate surface area is 130 Å². The van der Waals surface area contributed by atoms with Crippen LogP contribution < -0.4 is 9.47 Å². The molecule has 0 atom stereocenters. The smallest absolute Gasteiger partial charge is 0.329 e. The number of rotatable bonds is 5. The molecule has 0 amide bonds. The van der Waals surface area contributed by atoms with Crippen LogP contribution in [-0.4, -0.2) is 21.6 Å². The lowest BCUT2D eigenvalue weighted by Crippen LogP contribution is -2.03. The second-order valence-electron chi connectivity index (χ2n) is 3.67. The molecular formula is C12H10Cl3N3O2. The largest absolute Gasteiger partial charge is 0.463 e. The summed E-state index contributed by atoms with van der Waals surface area (Å²) in [6.07, 6.45) is 0.819. The standard InChI is InChI=1S/C12H10Cl3N3O2/c1-2-6-19-11-16-10(15)17-12(18-11)20-8-5-3-4-7(13)9(8)14/h3-5H,2,6H2,1H3. The maximum atomic E-state index is 6.01. The predicted octanol–water partition coefficient (Wildman–Crippen LogP) is 4.41. The van der Waals surface area contributed by atoms with Crippen LogP contribution in [0.1, 0.15) is 13.3 Å². The molecule has 0 aliphatic rings. The number of hydrogen-bond donors (Lipinski definition) is 0. The highest BCUT2D eigenvalue weighted by atomic mass is 35.5. The zero-order valence-electron chi connectivity index (χ0n) is 10.4. The van der Waals surface area contributed by atoms with Crippen LogP contribution in [-0.2, 0) is 0 Å². The molecule has 106 valence electrons. The van der Waals surface area contributed by atoms with E-state index in [0.29, 0.717) is 17.4 Å².